The molecular formula is C10H12BrNO2. The number of carbonyl (C=O) groups excluding carboxylic acids is 1. The summed E-state index contributed by atoms with van der Waals surface area (Å²) in [4.78, 5) is 11.2. The largest absolute Gasteiger partial charge is 0.494 e. The van der Waals surface area contributed by atoms with E-state index in [1.807, 2.05) is 6.92 Å². The molecule has 76 valence electrons. The van der Waals surface area contributed by atoms with Crippen LogP contribution in [0.2, 0.25) is 0 Å². The number of rotatable bonds is 3. The van der Waals surface area contributed by atoms with Gasteiger partial charge in [0.2, 0.25) is 0 Å². The van der Waals surface area contributed by atoms with Crippen molar-refractivity contribution in [1.29, 1.82) is 0 Å². The van der Waals surface area contributed by atoms with Gasteiger partial charge in [-0.1, -0.05) is 0 Å². The van der Waals surface area contributed by atoms with Crippen LogP contribution in [0.15, 0.2) is 16.6 Å². The number of nitrogen functional groups attached to an aromatic ring is 1. The minimum Gasteiger partial charge on any atom is -0.494 e. The summed E-state index contributed by atoms with van der Waals surface area (Å²) < 4.78 is 5.91. The van der Waals surface area contributed by atoms with Crippen molar-refractivity contribution in [3.63, 3.8) is 0 Å². The summed E-state index contributed by atoms with van der Waals surface area (Å²) in [6.07, 6.45) is 0. The summed E-state index contributed by atoms with van der Waals surface area (Å²) >= 11 is 3.26. The van der Waals surface area contributed by atoms with E-state index in [9.17, 15) is 4.79 Å². The van der Waals surface area contributed by atoms with Crippen LogP contribution in [0.3, 0.4) is 0 Å². The number of anilines is 1. The van der Waals surface area contributed by atoms with Crippen molar-refractivity contribution in [2.24, 2.45) is 0 Å². The first-order chi connectivity index (χ1) is 6.56. The van der Waals surface area contributed by atoms with E-state index in [-0.39, 0.29) is 5.78 Å². The first kappa shape index (κ1) is 11.0. The first-order valence-electron chi connectivity index (χ1n) is 4.29. The molecule has 0 aliphatic rings. The maximum absolute atomic E-state index is 11.2. The van der Waals surface area contributed by atoms with Gasteiger partial charge >= 0.3 is 0 Å². The van der Waals surface area contributed by atoms with Crippen molar-refractivity contribution in [2.45, 2.75) is 13.8 Å². The van der Waals surface area contributed by atoms with Crippen LogP contribution in [0, 0.1) is 0 Å². The summed E-state index contributed by atoms with van der Waals surface area (Å²) in [7, 11) is 0. The number of ketones is 1. The van der Waals surface area contributed by atoms with Gasteiger partial charge in [0.25, 0.3) is 0 Å². The Morgan fingerprint density at radius 1 is 1.57 bits per heavy atom. The van der Waals surface area contributed by atoms with Crippen LogP contribution in [-0.2, 0) is 0 Å². The van der Waals surface area contributed by atoms with Crippen LogP contribution in [0.1, 0.15) is 24.2 Å². The summed E-state index contributed by atoms with van der Waals surface area (Å²) in [6, 6.07) is 3.38. The molecule has 0 aliphatic heterocycles. The summed E-state index contributed by atoms with van der Waals surface area (Å²) in [6.45, 7) is 3.93. The Kier molecular flexibility index (Phi) is 3.52. The molecule has 3 nitrogen and oxygen atoms in total. The molecule has 0 bridgehead atoms. The molecule has 0 heterocycles. The van der Waals surface area contributed by atoms with Crippen molar-refractivity contribution in [3.8, 4) is 5.75 Å². The maximum atomic E-state index is 11.2. The van der Waals surface area contributed by atoms with E-state index in [0.29, 0.717) is 28.1 Å². The zero-order valence-corrected chi connectivity index (χ0v) is 9.72. The minimum atomic E-state index is -0.0369. The summed E-state index contributed by atoms with van der Waals surface area (Å²) in [5.41, 5.74) is 6.77. The normalized spacial score (nSPS) is 9.93. The molecule has 2 N–H and O–H groups in total. The van der Waals surface area contributed by atoms with Gasteiger partial charge in [0.05, 0.1) is 16.8 Å². The fourth-order valence-corrected chi connectivity index (χ4v) is 1.63. The molecule has 1 rings (SSSR count). The molecule has 14 heavy (non-hydrogen) atoms. The highest BCUT2D eigenvalue weighted by Gasteiger charge is 2.10. The van der Waals surface area contributed by atoms with Gasteiger partial charge < -0.3 is 10.5 Å². The average molecular weight is 258 g/mol. The SMILES string of the molecule is CCOc1cc(N)c(Br)c(C(C)=O)c1. The van der Waals surface area contributed by atoms with E-state index < -0.39 is 0 Å². The lowest BCUT2D eigenvalue weighted by molar-refractivity contribution is 0.101. The van der Waals surface area contributed by atoms with Gasteiger partial charge in [0.1, 0.15) is 5.75 Å². The fraction of sp³-hybridized carbons (Fsp3) is 0.300. The van der Waals surface area contributed by atoms with Crippen LogP contribution >= 0.6 is 15.9 Å². The lowest BCUT2D eigenvalue weighted by Gasteiger charge is -2.08. The lowest BCUT2D eigenvalue weighted by Crippen LogP contribution is -2.00. The van der Waals surface area contributed by atoms with E-state index in [4.69, 9.17) is 10.5 Å². The molecule has 0 saturated heterocycles. The number of ether oxygens (including phenoxy) is 1. The predicted molar refractivity (Wildman–Crippen MR) is 59.7 cm³/mol. The number of carbonyl (C=O) groups is 1. The molecule has 1 aromatic rings. The fourth-order valence-electron chi connectivity index (χ4n) is 1.13. The number of halogens is 1. The van der Waals surface area contributed by atoms with E-state index in [2.05, 4.69) is 15.9 Å². The Morgan fingerprint density at radius 2 is 2.21 bits per heavy atom. The van der Waals surface area contributed by atoms with Crippen LogP contribution in [-0.4, -0.2) is 12.4 Å². The van der Waals surface area contributed by atoms with E-state index in [1.54, 1.807) is 12.1 Å². The van der Waals surface area contributed by atoms with Crippen molar-refractivity contribution in [3.05, 3.63) is 22.2 Å². The molecule has 0 saturated carbocycles. The van der Waals surface area contributed by atoms with Gasteiger partial charge in [-0.3, -0.25) is 4.79 Å². The van der Waals surface area contributed by atoms with E-state index >= 15 is 0 Å². The van der Waals surface area contributed by atoms with Gasteiger partial charge in [0.15, 0.2) is 5.78 Å². The second-order valence-electron chi connectivity index (χ2n) is 2.86. The Hall–Kier alpha value is -1.03. The van der Waals surface area contributed by atoms with Crippen molar-refractivity contribution >= 4 is 27.4 Å². The molecular weight excluding hydrogens is 246 g/mol. The number of Topliss-reactive ketones (excluding diaryl/α,β-unsaturated/α-hetero) is 1. The smallest absolute Gasteiger partial charge is 0.161 e. The third-order valence-electron chi connectivity index (χ3n) is 1.76. The quantitative estimate of drug-likeness (QED) is 0.669. The van der Waals surface area contributed by atoms with Crippen molar-refractivity contribution in [1.82, 2.24) is 0 Å². The lowest BCUT2D eigenvalue weighted by atomic mass is 10.1. The van der Waals surface area contributed by atoms with Gasteiger partial charge in [0, 0.05) is 11.6 Å². The van der Waals surface area contributed by atoms with Crippen LogP contribution in [0.4, 0.5) is 5.69 Å². The van der Waals surface area contributed by atoms with Crippen LogP contribution in [0.5, 0.6) is 5.75 Å². The van der Waals surface area contributed by atoms with Crippen molar-refractivity contribution in [2.75, 3.05) is 12.3 Å². The molecule has 0 atom stereocenters. The molecule has 1 aromatic carbocycles. The highest BCUT2D eigenvalue weighted by molar-refractivity contribution is 9.10. The molecule has 0 aliphatic carbocycles. The monoisotopic (exact) mass is 257 g/mol. The number of benzene rings is 1. The minimum absolute atomic E-state index is 0.0369. The molecule has 0 spiro atoms. The molecule has 0 radical (unpaired) electrons. The highest BCUT2D eigenvalue weighted by atomic mass is 79.9. The van der Waals surface area contributed by atoms with Crippen LogP contribution in [0.25, 0.3) is 0 Å². The molecule has 0 unspecified atom stereocenters. The zero-order chi connectivity index (χ0) is 10.7. The third kappa shape index (κ3) is 2.26. The molecule has 0 aromatic heterocycles. The van der Waals surface area contributed by atoms with E-state index in [1.165, 1.54) is 6.92 Å². The number of hydrogen-bond donors (Lipinski definition) is 1. The summed E-state index contributed by atoms with van der Waals surface area (Å²) in [5.74, 6) is 0.587. The second kappa shape index (κ2) is 4.46. The predicted octanol–water partition coefficient (Wildman–Crippen LogP) is 2.63. The second-order valence-corrected chi connectivity index (χ2v) is 3.66. The standard InChI is InChI=1S/C10H12BrNO2/c1-3-14-7-4-8(6(2)13)10(11)9(12)5-7/h4-5H,3,12H2,1-2H3. The Balaban J connectivity index is 3.21. The van der Waals surface area contributed by atoms with Gasteiger partial charge in [-0.2, -0.15) is 0 Å². The molecule has 4 heteroatoms. The Morgan fingerprint density at radius 3 is 2.71 bits per heavy atom. The van der Waals surface area contributed by atoms with Crippen molar-refractivity contribution < 1.29 is 9.53 Å². The molecule has 0 fully saturated rings. The Labute approximate surface area is 91.4 Å². The Bertz CT molecular complexity index is 363. The number of hydrogen-bond acceptors (Lipinski definition) is 3. The summed E-state index contributed by atoms with van der Waals surface area (Å²) in [5, 5.41) is 0. The van der Waals surface area contributed by atoms with Gasteiger partial charge in [-0.15, -0.1) is 0 Å². The van der Waals surface area contributed by atoms with Gasteiger partial charge in [-0.25, -0.2) is 0 Å². The average Bonchev–Trinajstić information content (AvgIpc) is 2.11. The number of nitrogens with two attached hydrogens (primary N) is 1. The molecule has 0 amide bonds. The third-order valence-corrected chi connectivity index (χ3v) is 2.65. The highest BCUT2D eigenvalue weighted by Crippen LogP contribution is 2.29. The zero-order valence-electron chi connectivity index (χ0n) is 8.13. The van der Waals surface area contributed by atoms with E-state index in [0.717, 1.165) is 0 Å². The maximum Gasteiger partial charge on any atom is 0.161 e. The first-order valence-corrected chi connectivity index (χ1v) is 5.08. The topological polar surface area (TPSA) is 52.3 Å². The van der Waals surface area contributed by atoms with Crippen LogP contribution < -0.4 is 10.5 Å². The van der Waals surface area contributed by atoms with Gasteiger partial charge in [-0.05, 0) is 35.8 Å².